The van der Waals surface area contributed by atoms with Crippen LogP contribution >= 0.6 is 7.82 Å². The Hall–Kier alpha value is -2.55. The molecule has 0 saturated carbocycles. The fraction of sp³-hybridized carbons (Fsp3) is 0.785. The topological polar surface area (TPSA) is 111 Å². The number of hydrogen-bond donors (Lipinski definition) is 2. The summed E-state index contributed by atoms with van der Waals surface area (Å²) >= 11 is 0. The van der Waals surface area contributed by atoms with Crippen LogP contribution in [0.4, 0.5) is 0 Å². The Morgan fingerprint density at radius 2 is 0.853 bits per heavy atom. The van der Waals surface area contributed by atoms with Crippen LogP contribution < -0.4 is 5.32 Å². The molecule has 75 heavy (non-hydrogen) atoms. The largest absolute Gasteiger partial charge is 0.472 e. The van der Waals surface area contributed by atoms with Crippen molar-refractivity contribution in [2.24, 2.45) is 0 Å². The van der Waals surface area contributed by atoms with Crippen LogP contribution in [0.15, 0.2) is 72.9 Å². The minimum absolute atomic E-state index is 0.0344. The Bertz CT molecular complexity index is 1510. The number of esters is 1. The van der Waals surface area contributed by atoms with E-state index in [2.05, 4.69) is 86.8 Å². The first-order chi connectivity index (χ1) is 36.4. The van der Waals surface area contributed by atoms with Gasteiger partial charge in [-0.05, 0) is 96.0 Å². The number of hydrogen-bond acceptors (Lipinski definition) is 6. The summed E-state index contributed by atoms with van der Waals surface area (Å²) in [5.74, 6) is -0.524. The minimum atomic E-state index is -4.46. The summed E-state index contributed by atoms with van der Waals surface area (Å²) in [5.41, 5.74) is 0. The van der Waals surface area contributed by atoms with Crippen molar-refractivity contribution in [3.05, 3.63) is 72.9 Å². The highest BCUT2D eigenvalue weighted by Crippen LogP contribution is 2.43. The lowest BCUT2D eigenvalue weighted by molar-refractivity contribution is -0.870. The molecule has 2 N–H and O–H groups in total. The second-order valence-electron chi connectivity index (χ2n) is 22.3. The molecule has 0 aliphatic carbocycles. The van der Waals surface area contributed by atoms with Crippen molar-refractivity contribution in [3.63, 3.8) is 0 Å². The molecule has 10 heteroatoms. The van der Waals surface area contributed by atoms with E-state index in [1.165, 1.54) is 141 Å². The van der Waals surface area contributed by atoms with Crippen molar-refractivity contribution in [1.82, 2.24) is 5.32 Å². The van der Waals surface area contributed by atoms with Crippen LogP contribution in [0.1, 0.15) is 278 Å². The van der Waals surface area contributed by atoms with Crippen molar-refractivity contribution in [2.75, 3.05) is 40.9 Å². The molecule has 0 bridgehead atoms. The Balaban J connectivity index is 5.29. The quantitative estimate of drug-likeness (QED) is 0.0156. The highest BCUT2D eigenvalue weighted by atomic mass is 31.2. The highest BCUT2D eigenvalue weighted by molar-refractivity contribution is 7.47. The van der Waals surface area contributed by atoms with Gasteiger partial charge in [0.05, 0.1) is 33.8 Å². The Morgan fingerprint density at radius 1 is 0.480 bits per heavy atom. The third-order valence-corrected chi connectivity index (χ3v) is 14.6. The Morgan fingerprint density at radius 3 is 1.32 bits per heavy atom. The molecule has 0 aromatic heterocycles. The summed E-state index contributed by atoms with van der Waals surface area (Å²) in [6, 6.07) is -0.860. The third-order valence-electron chi connectivity index (χ3n) is 13.6. The molecule has 0 spiro atoms. The second kappa shape index (κ2) is 54.8. The number of rotatable bonds is 56. The molecule has 0 saturated heterocycles. The van der Waals surface area contributed by atoms with E-state index in [-0.39, 0.29) is 31.5 Å². The summed E-state index contributed by atoms with van der Waals surface area (Å²) in [4.78, 5) is 37.7. The van der Waals surface area contributed by atoms with Crippen molar-refractivity contribution in [3.8, 4) is 0 Å². The van der Waals surface area contributed by atoms with Crippen LogP contribution in [-0.2, 0) is 27.9 Å². The van der Waals surface area contributed by atoms with Crippen LogP contribution in [0, 0.1) is 0 Å². The number of likely N-dealkylation sites (N-methyl/N-ethyl adjacent to an activating group) is 1. The number of carbonyl (C=O) groups is 2. The van der Waals surface area contributed by atoms with Crippen molar-refractivity contribution in [2.45, 2.75) is 290 Å². The van der Waals surface area contributed by atoms with Crippen LogP contribution in [0.2, 0.25) is 0 Å². The van der Waals surface area contributed by atoms with Gasteiger partial charge in [-0.25, -0.2) is 4.57 Å². The first-order valence-corrected chi connectivity index (χ1v) is 32.8. The molecular weight excluding hydrogens is 952 g/mol. The van der Waals surface area contributed by atoms with Gasteiger partial charge in [0.1, 0.15) is 19.3 Å². The van der Waals surface area contributed by atoms with Gasteiger partial charge < -0.3 is 19.4 Å². The SMILES string of the molecule is CCCCC/C=C\C/C=C\C/C=C\CCCCCCCCCCC(=O)OC(/C=C\CCCCCCCCCCCCC)C(COP(=O)(O)OCC[N+](C)(C)C)NC(=O)CCCCCCCC/C=C/C=C/CCCCC. The number of amides is 1. The van der Waals surface area contributed by atoms with Gasteiger partial charge in [-0.1, -0.05) is 242 Å². The molecular formula is C65H120N2O7P+. The fourth-order valence-corrected chi connectivity index (χ4v) is 9.50. The molecule has 0 heterocycles. The maximum absolute atomic E-state index is 13.5. The predicted molar refractivity (Wildman–Crippen MR) is 323 cm³/mol. The number of phosphoric ester groups is 1. The molecule has 436 valence electrons. The smallest absolute Gasteiger partial charge is 0.456 e. The molecule has 0 aliphatic rings. The third kappa shape index (κ3) is 56.0. The van der Waals surface area contributed by atoms with Gasteiger partial charge in [-0.3, -0.25) is 18.6 Å². The zero-order valence-electron chi connectivity index (χ0n) is 49.8. The molecule has 0 fully saturated rings. The number of allylic oxidation sites excluding steroid dienone is 11. The Kier molecular flexibility index (Phi) is 52.9. The van der Waals surface area contributed by atoms with Crippen LogP contribution in [0.25, 0.3) is 0 Å². The highest BCUT2D eigenvalue weighted by Gasteiger charge is 2.30. The van der Waals surface area contributed by atoms with E-state index in [0.717, 1.165) is 103 Å². The predicted octanol–water partition coefficient (Wildman–Crippen LogP) is 19.2. The molecule has 0 aromatic carbocycles. The monoisotopic (exact) mass is 1070 g/mol. The normalized spacial score (nSPS) is 14.2. The maximum Gasteiger partial charge on any atom is 0.472 e. The number of quaternary nitrogens is 1. The van der Waals surface area contributed by atoms with Crippen LogP contribution in [0.3, 0.4) is 0 Å². The lowest BCUT2D eigenvalue weighted by Crippen LogP contribution is -2.47. The standard InChI is InChI=1S/C65H119N2O7P/c1-7-10-13-16-19-22-25-28-30-31-32-33-34-35-37-40-43-46-49-52-55-58-65(69)74-63(56-53-50-47-44-41-38-27-24-21-18-15-12-9-3)62(61-73-75(70,71)72-60-59-67(4,5)6)66-64(68)57-54-51-48-45-42-39-36-29-26-23-20-17-14-11-8-2/h19-20,22-23,26,28-30,32-33,53,56,62-63H,7-18,21,24-25,27,31,34-52,54-55,57-61H2,1-6H3,(H-,66,68,70,71)/p+1/b22-19-,23-20+,29-26+,30-28-,33-32-,56-53-. The van der Waals surface area contributed by atoms with Crippen molar-refractivity contribution in [1.29, 1.82) is 0 Å². The number of carbonyl (C=O) groups excluding carboxylic acids is 2. The second-order valence-corrected chi connectivity index (χ2v) is 23.7. The molecule has 3 unspecified atom stereocenters. The van der Waals surface area contributed by atoms with Gasteiger partial charge in [0.25, 0.3) is 0 Å². The summed E-state index contributed by atoms with van der Waals surface area (Å²) in [5, 5.41) is 3.05. The molecule has 0 radical (unpaired) electrons. The number of unbranched alkanes of at least 4 members (excludes halogenated alkanes) is 31. The molecule has 0 aliphatic heterocycles. The molecule has 9 nitrogen and oxygen atoms in total. The number of nitrogens with zero attached hydrogens (tertiary/aromatic N) is 1. The first-order valence-electron chi connectivity index (χ1n) is 31.3. The fourth-order valence-electron chi connectivity index (χ4n) is 8.76. The van der Waals surface area contributed by atoms with Crippen molar-refractivity contribution < 1.29 is 37.3 Å². The van der Waals surface area contributed by atoms with E-state index in [4.69, 9.17) is 13.8 Å². The zero-order valence-corrected chi connectivity index (χ0v) is 50.7. The van der Waals surface area contributed by atoms with Gasteiger partial charge in [-0.15, -0.1) is 0 Å². The molecule has 0 rings (SSSR count). The van der Waals surface area contributed by atoms with E-state index in [9.17, 15) is 19.0 Å². The minimum Gasteiger partial charge on any atom is -0.456 e. The van der Waals surface area contributed by atoms with E-state index >= 15 is 0 Å². The average Bonchev–Trinajstić information content (AvgIpc) is 3.37. The number of ether oxygens (including phenoxy) is 1. The number of phosphoric acid groups is 1. The lowest BCUT2D eigenvalue weighted by atomic mass is 10.0. The molecule has 3 atom stereocenters. The van der Waals surface area contributed by atoms with Gasteiger partial charge in [0, 0.05) is 12.8 Å². The molecule has 0 aromatic rings. The van der Waals surface area contributed by atoms with Gasteiger partial charge in [0.2, 0.25) is 5.91 Å². The van der Waals surface area contributed by atoms with Gasteiger partial charge >= 0.3 is 13.8 Å². The summed E-state index contributed by atoms with van der Waals surface area (Å²) in [6.45, 7) is 6.95. The first kappa shape index (κ1) is 72.5. The number of nitrogens with one attached hydrogen (secondary N) is 1. The average molecular weight is 1070 g/mol. The summed E-state index contributed by atoms with van der Waals surface area (Å²) in [6.07, 6.45) is 70.3. The van der Waals surface area contributed by atoms with E-state index in [1.807, 2.05) is 33.3 Å². The van der Waals surface area contributed by atoms with Gasteiger partial charge in [0.15, 0.2) is 0 Å². The maximum atomic E-state index is 13.5. The van der Waals surface area contributed by atoms with Crippen LogP contribution in [0.5, 0.6) is 0 Å². The van der Waals surface area contributed by atoms with Gasteiger partial charge in [-0.2, -0.15) is 0 Å². The van der Waals surface area contributed by atoms with E-state index in [0.29, 0.717) is 17.4 Å². The Labute approximate surface area is 463 Å². The summed E-state index contributed by atoms with van der Waals surface area (Å²) in [7, 11) is 1.48. The van der Waals surface area contributed by atoms with Crippen molar-refractivity contribution >= 4 is 19.7 Å². The lowest BCUT2D eigenvalue weighted by Gasteiger charge is -2.27. The van der Waals surface area contributed by atoms with E-state index < -0.39 is 20.0 Å². The molecule has 1 amide bonds. The summed E-state index contributed by atoms with van der Waals surface area (Å²) < 4.78 is 30.7. The zero-order chi connectivity index (χ0) is 55.0. The van der Waals surface area contributed by atoms with Crippen LogP contribution in [-0.4, -0.2) is 74.3 Å². The van der Waals surface area contributed by atoms with E-state index in [1.54, 1.807) is 0 Å².